The third-order valence-corrected chi connectivity index (χ3v) is 9.99. The van der Waals surface area contributed by atoms with E-state index in [4.69, 9.17) is 11.5 Å². The quantitative estimate of drug-likeness (QED) is 0.0342. The van der Waals surface area contributed by atoms with Gasteiger partial charge in [0.2, 0.25) is 5.91 Å². The van der Waals surface area contributed by atoms with E-state index < -0.39 is 0 Å². The lowest BCUT2D eigenvalue weighted by Crippen LogP contribution is -2.33. The van der Waals surface area contributed by atoms with E-state index in [-0.39, 0.29) is 23.6 Å². The molecule has 284 valence electrons. The van der Waals surface area contributed by atoms with Gasteiger partial charge in [-0.25, -0.2) is 0 Å². The number of unbranched alkanes of at least 4 members (excludes halogenated alkanes) is 28. The first-order valence-corrected chi connectivity index (χ1v) is 21.4. The third-order valence-electron chi connectivity index (χ3n) is 9.99. The number of guanidine groups is 1. The van der Waals surface area contributed by atoms with E-state index in [2.05, 4.69) is 24.2 Å². The van der Waals surface area contributed by atoms with Crippen LogP contribution in [0.4, 0.5) is 0 Å². The van der Waals surface area contributed by atoms with Crippen molar-refractivity contribution in [2.75, 3.05) is 13.1 Å². The summed E-state index contributed by atoms with van der Waals surface area (Å²) in [5.74, 6) is 0.162. The summed E-state index contributed by atoms with van der Waals surface area (Å²) in [5, 5.41) is 3.14. The molecule has 6 heteroatoms. The number of carbonyl (C=O) groups excluding carboxylic acids is 2. The fraction of sp³-hybridized carbons (Fsp3) is 0.929. The Hall–Kier alpha value is -1.59. The fourth-order valence-electron chi connectivity index (χ4n) is 6.78. The molecule has 1 amide bonds. The van der Waals surface area contributed by atoms with Gasteiger partial charge < -0.3 is 16.8 Å². The van der Waals surface area contributed by atoms with Crippen molar-refractivity contribution in [3.63, 3.8) is 0 Å². The second-order valence-corrected chi connectivity index (χ2v) is 14.8. The van der Waals surface area contributed by atoms with E-state index in [9.17, 15) is 9.59 Å². The molecule has 6 nitrogen and oxygen atoms in total. The van der Waals surface area contributed by atoms with Gasteiger partial charge in [-0.1, -0.05) is 194 Å². The Bertz CT molecular complexity index is 722. The van der Waals surface area contributed by atoms with Gasteiger partial charge in [0.25, 0.3) is 0 Å². The van der Waals surface area contributed by atoms with Crippen LogP contribution in [0.2, 0.25) is 0 Å². The molecule has 1 atom stereocenters. The summed E-state index contributed by atoms with van der Waals surface area (Å²) < 4.78 is 0. The average molecular weight is 677 g/mol. The number of nitrogens with zero attached hydrogens (tertiary/aromatic N) is 1. The molecule has 0 saturated heterocycles. The summed E-state index contributed by atoms with van der Waals surface area (Å²) >= 11 is 0. The number of amides is 1. The van der Waals surface area contributed by atoms with Crippen molar-refractivity contribution in [3.05, 3.63) is 0 Å². The van der Waals surface area contributed by atoms with E-state index in [0.717, 1.165) is 44.9 Å². The minimum Gasteiger partial charge on any atom is -0.370 e. The number of hydrogen-bond donors (Lipinski definition) is 3. The number of carbonyl (C=O) groups is 2. The molecular formula is C42H84N4O2. The molecule has 0 aliphatic heterocycles. The lowest BCUT2D eigenvalue weighted by Gasteiger charge is -2.16. The second-order valence-electron chi connectivity index (χ2n) is 14.8. The molecule has 0 aliphatic carbocycles. The third kappa shape index (κ3) is 35.7. The maximum Gasteiger partial charge on any atom is 0.223 e. The monoisotopic (exact) mass is 677 g/mol. The van der Waals surface area contributed by atoms with Crippen molar-refractivity contribution >= 4 is 17.6 Å². The molecule has 0 aromatic heterocycles. The van der Waals surface area contributed by atoms with Crippen LogP contribution in [0.25, 0.3) is 0 Å². The molecule has 0 bridgehead atoms. The Morgan fingerprint density at radius 2 is 0.875 bits per heavy atom. The maximum atomic E-state index is 13.0. The van der Waals surface area contributed by atoms with Gasteiger partial charge in [0.05, 0.1) is 0 Å². The highest BCUT2D eigenvalue weighted by atomic mass is 16.2. The standard InChI is InChI=1S/C42H84N4O2/c1-3-5-7-9-11-13-15-16-17-18-19-20-21-22-23-24-26-28-30-35-40(47)38-39(34-31-33-37-46-42(43)44)41(48)45-36-32-29-27-25-14-12-10-8-6-4-2/h39H,3-38H2,1-2H3,(H,45,48)(H4,43,44,46)/t39-/m1/s1. The van der Waals surface area contributed by atoms with E-state index in [1.54, 1.807) is 0 Å². The van der Waals surface area contributed by atoms with Gasteiger partial charge in [0.1, 0.15) is 5.78 Å². The molecule has 0 aromatic rings. The van der Waals surface area contributed by atoms with Crippen LogP contribution >= 0.6 is 0 Å². The van der Waals surface area contributed by atoms with Crippen molar-refractivity contribution in [1.82, 2.24) is 5.32 Å². The minimum atomic E-state index is -0.236. The Morgan fingerprint density at radius 3 is 1.27 bits per heavy atom. The second kappa shape index (κ2) is 38.2. The van der Waals surface area contributed by atoms with E-state index >= 15 is 0 Å². The number of ketones is 1. The molecule has 0 radical (unpaired) electrons. The fourth-order valence-corrected chi connectivity index (χ4v) is 6.78. The van der Waals surface area contributed by atoms with Crippen LogP contribution < -0.4 is 16.8 Å². The summed E-state index contributed by atoms with van der Waals surface area (Å²) in [6.07, 6.45) is 41.9. The first-order valence-electron chi connectivity index (χ1n) is 21.4. The summed E-state index contributed by atoms with van der Waals surface area (Å²) in [6, 6.07) is 0. The van der Waals surface area contributed by atoms with Crippen LogP contribution in [0, 0.1) is 5.92 Å². The van der Waals surface area contributed by atoms with Crippen molar-refractivity contribution in [1.29, 1.82) is 0 Å². The number of nitrogens with one attached hydrogen (secondary N) is 1. The highest BCUT2D eigenvalue weighted by Crippen LogP contribution is 2.18. The van der Waals surface area contributed by atoms with Crippen LogP contribution in [-0.4, -0.2) is 30.7 Å². The molecule has 0 spiro atoms. The lowest BCUT2D eigenvalue weighted by atomic mass is 9.93. The van der Waals surface area contributed by atoms with Gasteiger partial charge in [-0.15, -0.1) is 0 Å². The normalized spacial score (nSPS) is 11.9. The first-order chi connectivity index (χ1) is 23.5. The Morgan fingerprint density at radius 1 is 0.500 bits per heavy atom. The highest BCUT2D eigenvalue weighted by Gasteiger charge is 2.21. The van der Waals surface area contributed by atoms with Crippen molar-refractivity contribution in [3.8, 4) is 0 Å². The van der Waals surface area contributed by atoms with Gasteiger partial charge in [-0.05, 0) is 25.7 Å². The van der Waals surface area contributed by atoms with E-state index in [0.29, 0.717) is 25.9 Å². The summed E-state index contributed by atoms with van der Waals surface area (Å²) in [7, 11) is 0. The molecule has 0 rings (SSSR count). The van der Waals surface area contributed by atoms with Gasteiger partial charge >= 0.3 is 0 Å². The molecule has 0 aliphatic rings. The van der Waals surface area contributed by atoms with E-state index in [1.165, 1.54) is 161 Å². The smallest absolute Gasteiger partial charge is 0.223 e. The molecule has 0 aromatic carbocycles. The van der Waals surface area contributed by atoms with Gasteiger partial charge in [-0.2, -0.15) is 0 Å². The number of rotatable bonds is 39. The Labute approximate surface area is 299 Å². The highest BCUT2D eigenvalue weighted by molar-refractivity contribution is 5.86. The van der Waals surface area contributed by atoms with Crippen LogP contribution in [0.15, 0.2) is 4.99 Å². The minimum absolute atomic E-state index is 0.0503. The van der Waals surface area contributed by atoms with Crippen LogP contribution in [0.1, 0.15) is 232 Å². The summed E-state index contributed by atoms with van der Waals surface area (Å²) in [6.45, 7) is 5.84. The predicted octanol–water partition coefficient (Wildman–Crippen LogP) is 11.9. The summed E-state index contributed by atoms with van der Waals surface area (Å²) in [5.41, 5.74) is 10.9. The number of nitrogens with two attached hydrogens (primary N) is 2. The zero-order chi connectivity index (χ0) is 35.2. The van der Waals surface area contributed by atoms with Gasteiger partial charge in [0.15, 0.2) is 5.96 Å². The molecule has 0 heterocycles. The van der Waals surface area contributed by atoms with Crippen LogP contribution in [0.5, 0.6) is 0 Å². The molecule has 0 unspecified atom stereocenters. The topological polar surface area (TPSA) is 111 Å². The van der Waals surface area contributed by atoms with Gasteiger partial charge in [-0.3, -0.25) is 14.6 Å². The zero-order valence-electron chi connectivity index (χ0n) is 32.5. The number of aliphatic imine (C=N–C) groups is 1. The molecule has 5 N–H and O–H groups in total. The Kier molecular flexibility index (Phi) is 36.9. The van der Waals surface area contributed by atoms with E-state index in [1.807, 2.05) is 0 Å². The molecule has 0 saturated carbocycles. The van der Waals surface area contributed by atoms with Crippen molar-refractivity contribution < 1.29 is 9.59 Å². The zero-order valence-corrected chi connectivity index (χ0v) is 32.5. The van der Waals surface area contributed by atoms with Crippen molar-refractivity contribution in [2.45, 2.75) is 232 Å². The molecule has 48 heavy (non-hydrogen) atoms. The summed E-state index contributed by atoms with van der Waals surface area (Å²) in [4.78, 5) is 29.9. The average Bonchev–Trinajstić information content (AvgIpc) is 3.07. The van der Waals surface area contributed by atoms with Crippen LogP contribution in [-0.2, 0) is 9.59 Å². The number of Topliss-reactive ketones (excluding diaryl/α,β-unsaturated/α-hetero) is 1. The van der Waals surface area contributed by atoms with Crippen LogP contribution in [0.3, 0.4) is 0 Å². The predicted molar refractivity (Wildman–Crippen MR) is 211 cm³/mol. The molecular weight excluding hydrogens is 592 g/mol. The first kappa shape index (κ1) is 46.4. The SMILES string of the molecule is CCCCCCCCCCCCCCCCCCCCCC(=O)C[C@@H](CCCCN=C(N)N)C(=O)NCCCCCCCCCCCC. The lowest BCUT2D eigenvalue weighted by molar-refractivity contribution is -0.129. The maximum absolute atomic E-state index is 13.0. The molecule has 0 fully saturated rings. The van der Waals surface area contributed by atoms with Gasteiger partial charge in [0, 0.05) is 31.8 Å². The Balaban J connectivity index is 3.95. The largest absolute Gasteiger partial charge is 0.370 e. The number of hydrogen-bond acceptors (Lipinski definition) is 3. The van der Waals surface area contributed by atoms with Crippen molar-refractivity contribution in [2.24, 2.45) is 22.4 Å².